The second-order valence-corrected chi connectivity index (χ2v) is 2.80. The number of hydrogen-bond acceptors (Lipinski definition) is 0. The molecule has 1 rings (SSSR count). The molecule has 0 aliphatic heterocycles. The fourth-order valence-corrected chi connectivity index (χ4v) is 1.13. The Hall–Kier alpha value is -0.920. The average molecular weight is 169 g/mol. The minimum Gasteiger partial charge on any atom is -1.00 e. The lowest BCUT2D eigenvalue weighted by Crippen LogP contribution is -3.00. The molecular formula is C10H16FN. The molecule has 0 saturated carbocycles. The van der Waals surface area contributed by atoms with Gasteiger partial charge in [0.05, 0.1) is 0 Å². The summed E-state index contributed by atoms with van der Waals surface area (Å²) in [5.74, 6) is 0. The topological polar surface area (TPSA) is 3.88 Å². The molecule has 0 unspecified atom stereocenters. The lowest BCUT2D eigenvalue weighted by atomic mass is 10.2. The summed E-state index contributed by atoms with van der Waals surface area (Å²) in [6, 6.07) is 4.38. The molecule has 0 radical (unpaired) electrons. The Labute approximate surface area is 73.4 Å². The predicted octanol–water partition coefficient (Wildman–Crippen LogP) is -1.05. The summed E-state index contributed by atoms with van der Waals surface area (Å²) in [7, 11) is 0. The highest BCUT2D eigenvalue weighted by Gasteiger charge is 1.96. The molecule has 0 atom stereocenters. The van der Waals surface area contributed by atoms with Crippen LogP contribution < -0.4 is 9.27 Å². The van der Waals surface area contributed by atoms with E-state index in [1.807, 2.05) is 0 Å². The maximum Gasteiger partial charge on any atom is 0.169 e. The molecule has 0 spiro atoms. The van der Waals surface area contributed by atoms with E-state index >= 15 is 0 Å². The highest BCUT2D eigenvalue weighted by Crippen LogP contribution is 1.94. The highest BCUT2D eigenvalue weighted by molar-refractivity contribution is 5.06. The first-order valence-corrected chi connectivity index (χ1v) is 4.34. The highest BCUT2D eigenvalue weighted by atomic mass is 19.0. The summed E-state index contributed by atoms with van der Waals surface area (Å²) in [6.07, 6.45) is 6.65. The van der Waals surface area contributed by atoms with E-state index in [1.165, 1.54) is 12.0 Å². The van der Waals surface area contributed by atoms with Gasteiger partial charge >= 0.3 is 0 Å². The van der Waals surface area contributed by atoms with Gasteiger partial charge in [-0.05, 0) is 12.0 Å². The lowest BCUT2D eigenvalue weighted by molar-refractivity contribution is -0.697. The standard InChI is InChI=1S/C10H16N.FH/c1-3-7-11-8-5-10(4-2)6-9-11;/h5-6,8-9H,3-4,7H2,1-2H3;1H/q+1;/p-1. The molecule has 0 aliphatic carbocycles. The molecule has 0 aliphatic rings. The molecule has 1 nitrogen and oxygen atoms in total. The van der Waals surface area contributed by atoms with Gasteiger partial charge in [0, 0.05) is 18.6 Å². The van der Waals surface area contributed by atoms with E-state index in [4.69, 9.17) is 0 Å². The number of pyridine rings is 1. The quantitative estimate of drug-likeness (QED) is 0.508. The summed E-state index contributed by atoms with van der Waals surface area (Å²) >= 11 is 0. The van der Waals surface area contributed by atoms with Crippen LogP contribution in [0.1, 0.15) is 25.8 Å². The van der Waals surface area contributed by atoms with Crippen LogP contribution in [0, 0.1) is 0 Å². The fraction of sp³-hybridized carbons (Fsp3) is 0.500. The third kappa shape index (κ3) is 2.99. The zero-order valence-electron chi connectivity index (χ0n) is 7.76. The molecule has 0 aromatic carbocycles. The summed E-state index contributed by atoms with van der Waals surface area (Å²) < 4.78 is 2.22. The van der Waals surface area contributed by atoms with Crippen LogP contribution in [0.25, 0.3) is 0 Å². The van der Waals surface area contributed by atoms with Crippen molar-refractivity contribution in [1.82, 2.24) is 0 Å². The van der Waals surface area contributed by atoms with Crippen molar-refractivity contribution in [3.8, 4) is 0 Å². The van der Waals surface area contributed by atoms with Crippen molar-refractivity contribution in [2.24, 2.45) is 0 Å². The second-order valence-electron chi connectivity index (χ2n) is 2.80. The van der Waals surface area contributed by atoms with E-state index in [-0.39, 0.29) is 4.70 Å². The number of aromatic nitrogens is 1. The average Bonchev–Trinajstić information content (AvgIpc) is 2.07. The van der Waals surface area contributed by atoms with Gasteiger partial charge < -0.3 is 4.70 Å². The molecule has 1 aromatic heterocycles. The summed E-state index contributed by atoms with van der Waals surface area (Å²) in [4.78, 5) is 0. The Morgan fingerprint density at radius 2 is 1.75 bits per heavy atom. The lowest BCUT2D eigenvalue weighted by Gasteiger charge is -1.94. The van der Waals surface area contributed by atoms with Crippen molar-refractivity contribution in [3.05, 3.63) is 30.1 Å². The van der Waals surface area contributed by atoms with Crippen LogP contribution in [0.5, 0.6) is 0 Å². The fourth-order valence-electron chi connectivity index (χ4n) is 1.13. The Morgan fingerprint density at radius 3 is 2.17 bits per heavy atom. The molecule has 0 saturated heterocycles. The van der Waals surface area contributed by atoms with Crippen LogP contribution >= 0.6 is 0 Å². The Morgan fingerprint density at radius 1 is 1.17 bits per heavy atom. The van der Waals surface area contributed by atoms with Crippen LogP contribution in [0.3, 0.4) is 0 Å². The normalized spacial score (nSPS) is 9.17. The Balaban J connectivity index is 0.00000121. The molecule has 68 valence electrons. The van der Waals surface area contributed by atoms with Gasteiger partial charge in [-0.2, -0.15) is 0 Å². The summed E-state index contributed by atoms with van der Waals surface area (Å²) in [5, 5.41) is 0. The molecule has 0 N–H and O–H groups in total. The number of halogens is 1. The number of nitrogens with zero attached hydrogens (tertiary/aromatic N) is 1. The van der Waals surface area contributed by atoms with Crippen LogP contribution in [0.2, 0.25) is 0 Å². The second kappa shape index (κ2) is 5.70. The van der Waals surface area contributed by atoms with Gasteiger partial charge in [-0.15, -0.1) is 0 Å². The number of rotatable bonds is 3. The molecule has 1 heterocycles. The van der Waals surface area contributed by atoms with Crippen LogP contribution in [-0.2, 0) is 13.0 Å². The van der Waals surface area contributed by atoms with Crippen molar-refractivity contribution in [2.75, 3.05) is 0 Å². The van der Waals surface area contributed by atoms with Crippen LogP contribution in [0.15, 0.2) is 24.5 Å². The molecule has 0 amide bonds. The first-order chi connectivity index (χ1) is 5.36. The summed E-state index contributed by atoms with van der Waals surface area (Å²) in [5.41, 5.74) is 1.41. The first-order valence-electron chi connectivity index (χ1n) is 4.34. The third-order valence-electron chi connectivity index (χ3n) is 1.85. The van der Waals surface area contributed by atoms with E-state index < -0.39 is 0 Å². The third-order valence-corrected chi connectivity index (χ3v) is 1.85. The van der Waals surface area contributed by atoms with Crippen molar-refractivity contribution in [2.45, 2.75) is 33.2 Å². The number of aryl methyl sites for hydroxylation is 2. The van der Waals surface area contributed by atoms with Crippen LogP contribution in [0.4, 0.5) is 0 Å². The van der Waals surface area contributed by atoms with E-state index in [0.29, 0.717) is 0 Å². The van der Waals surface area contributed by atoms with Crippen molar-refractivity contribution in [1.29, 1.82) is 0 Å². The Bertz CT molecular complexity index is 206. The van der Waals surface area contributed by atoms with E-state index in [0.717, 1.165) is 13.0 Å². The summed E-state index contributed by atoms with van der Waals surface area (Å²) in [6.45, 7) is 5.50. The molecule has 2 heteroatoms. The van der Waals surface area contributed by atoms with Crippen LogP contribution in [-0.4, -0.2) is 0 Å². The van der Waals surface area contributed by atoms with Gasteiger partial charge in [-0.1, -0.05) is 13.8 Å². The van der Waals surface area contributed by atoms with E-state index in [1.54, 1.807) is 0 Å². The zero-order chi connectivity index (χ0) is 8.10. The smallest absolute Gasteiger partial charge is 0.169 e. The van der Waals surface area contributed by atoms with Gasteiger partial charge in [0.25, 0.3) is 0 Å². The SMILES string of the molecule is CCC[n+]1ccc(CC)cc1.[F-]. The minimum absolute atomic E-state index is 0. The maximum atomic E-state index is 2.22. The molecular weight excluding hydrogens is 153 g/mol. The largest absolute Gasteiger partial charge is 1.00 e. The minimum atomic E-state index is 0. The molecule has 1 aromatic rings. The van der Waals surface area contributed by atoms with Gasteiger partial charge in [-0.25, -0.2) is 4.57 Å². The van der Waals surface area contributed by atoms with Crippen molar-refractivity contribution < 1.29 is 9.27 Å². The molecule has 0 fully saturated rings. The van der Waals surface area contributed by atoms with Gasteiger partial charge in [0.1, 0.15) is 6.54 Å². The first kappa shape index (κ1) is 11.1. The zero-order valence-corrected chi connectivity index (χ0v) is 7.76. The van der Waals surface area contributed by atoms with Crippen molar-refractivity contribution >= 4 is 0 Å². The molecule has 0 bridgehead atoms. The van der Waals surface area contributed by atoms with E-state index in [2.05, 4.69) is 42.9 Å². The predicted molar refractivity (Wildman–Crippen MR) is 46.3 cm³/mol. The Kier molecular flexibility index (Phi) is 5.26. The maximum absolute atomic E-state index is 2.22. The van der Waals surface area contributed by atoms with Crippen molar-refractivity contribution in [3.63, 3.8) is 0 Å². The van der Waals surface area contributed by atoms with E-state index in [9.17, 15) is 0 Å². The monoisotopic (exact) mass is 169 g/mol. The van der Waals surface area contributed by atoms with Gasteiger partial charge in [0.2, 0.25) is 0 Å². The number of hydrogen-bond donors (Lipinski definition) is 0. The molecule has 12 heavy (non-hydrogen) atoms. The van der Waals surface area contributed by atoms with Gasteiger partial charge in [-0.3, -0.25) is 0 Å². The van der Waals surface area contributed by atoms with Gasteiger partial charge in [0.15, 0.2) is 12.4 Å².